The van der Waals surface area contributed by atoms with E-state index in [4.69, 9.17) is 10.00 Å². The molecule has 3 heteroatoms. The summed E-state index contributed by atoms with van der Waals surface area (Å²) in [5, 5.41) is 8.66. The highest BCUT2D eigenvalue weighted by Gasteiger charge is 2.25. The molecule has 0 aliphatic carbocycles. The minimum absolute atomic E-state index is 0.387. The Kier molecular flexibility index (Phi) is 1.97. The lowest BCUT2D eigenvalue weighted by Crippen LogP contribution is -2.26. The Hall–Kier alpha value is -1.82. The first kappa shape index (κ1) is 8.76. The SMILES string of the molecule is Cc1ccc2c(c1)C(=O)OC(C#N)C2. The summed E-state index contributed by atoms with van der Waals surface area (Å²) in [6.45, 7) is 1.92. The molecule has 0 amide bonds. The second-order valence-electron chi connectivity index (χ2n) is 3.39. The molecule has 0 saturated heterocycles. The molecule has 1 atom stereocenters. The van der Waals surface area contributed by atoms with Crippen molar-refractivity contribution in [1.29, 1.82) is 5.26 Å². The van der Waals surface area contributed by atoms with E-state index in [9.17, 15) is 4.79 Å². The number of hydrogen-bond acceptors (Lipinski definition) is 3. The van der Waals surface area contributed by atoms with Gasteiger partial charge in [-0.15, -0.1) is 0 Å². The molecule has 1 unspecified atom stereocenters. The Morgan fingerprint density at radius 2 is 2.36 bits per heavy atom. The van der Waals surface area contributed by atoms with Crippen LogP contribution in [0.3, 0.4) is 0 Å². The fraction of sp³-hybridized carbons (Fsp3) is 0.273. The van der Waals surface area contributed by atoms with Gasteiger partial charge in [0.25, 0.3) is 0 Å². The number of ether oxygens (including phenoxy) is 1. The van der Waals surface area contributed by atoms with Gasteiger partial charge in [0.2, 0.25) is 0 Å². The highest BCUT2D eigenvalue weighted by Crippen LogP contribution is 2.21. The van der Waals surface area contributed by atoms with Crippen molar-refractivity contribution in [2.75, 3.05) is 0 Å². The minimum Gasteiger partial charge on any atom is -0.443 e. The summed E-state index contributed by atoms with van der Waals surface area (Å²) in [4.78, 5) is 11.4. The summed E-state index contributed by atoms with van der Waals surface area (Å²) < 4.78 is 4.92. The summed E-state index contributed by atoms with van der Waals surface area (Å²) in [7, 11) is 0. The molecular weight excluding hydrogens is 178 g/mol. The first-order chi connectivity index (χ1) is 6.70. The van der Waals surface area contributed by atoms with E-state index in [1.165, 1.54) is 0 Å². The van der Waals surface area contributed by atoms with Gasteiger partial charge in [0.1, 0.15) is 6.07 Å². The fourth-order valence-electron chi connectivity index (χ4n) is 1.56. The fourth-order valence-corrected chi connectivity index (χ4v) is 1.56. The summed E-state index contributed by atoms with van der Waals surface area (Å²) in [6, 6.07) is 7.56. The standard InChI is InChI=1S/C11H9NO2/c1-7-2-3-8-5-9(6-12)14-11(13)10(8)4-7/h2-4,9H,5H2,1H3. The van der Waals surface area contributed by atoms with Gasteiger partial charge < -0.3 is 4.74 Å². The van der Waals surface area contributed by atoms with Crippen molar-refractivity contribution < 1.29 is 9.53 Å². The Morgan fingerprint density at radius 1 is 1.57 bits per heavy atom. The molecule has 0 saturated carbocycles. The summed E-state index contributed by atoms with van der Waals surface area (Å²) >= 11 is 0. The summed E-state index contributed by atoms with van der Waals surface area (Å²) in [5.74, 6) is -0.387. The molecule has 14 heavy (non-hydrogen) atoms. The second kappa shape index (κ2) is 3.15. The zero-order chi connectivity index (χ0) is 10.1. The van der Waals surface area contributed by atoms with Crippen molar-refractivity contribution in [3.05, 3.63) is 34.9 Å². The molecule has 1 aliphatic rings. The van der Waals surface area contributed by atoms with Crippen molar-refractivity contribution in [1.82, 2.24) is 0 Å². The lowest BCUT2D eigenvalue weighted by Gasteiger charge is -2.19. The zero-order valence-corrected chi connectivity index (χ0v) is 7.78. The predicted molar refractivity (Wildman–Crippen MR) is 49.7 cm³/mol. The van der Waals surface area contributed by atoms with Gasteiger partial charge >= 0.3 is 5.97 Å². The maximum atomic E-state index is 11.4. The van der Waals surface area contributed by atoms with Crippen LogP contribution < -0.4 is 0 Å². The van der Waals surface area contributed by atoms with Crippen molar-refractivity contribution in [2.24, 2.45) is 0 Å². The van der Waals surface area contributed by atoms with Crippen LogP contribution in [0.1, 0.15) is 21.5 Å². The number of nitrogens with zero attached hydrogens (tertiary/aromatic N) is 1. The molecule has 2 rings (SSSR count). The van der Waals surface area contributed by atoms with Crippen LogP contribution in [0.5, 0.6) is 0 Å². The first-order valence-corrected chi connectivity index (χ1v) is 4.41. The Balaban J connectivity index is 2.46. The number of carbonyl (C=O) groups is 1. The Labute approximate surface area is 81.9 Å². The van der Waals surface area contributed by atoms with Gasteiger partial charge in [-0.25, -0.2) is 4.79 Å². The van der Waals surface area contributed by atoms with Crippen LogP contribution in [-0.2, 0) is 11.2 Å². The van der Waals surface area contributed by atoms with E-state index in [2.05, 4.69) is 0 Å². The molecule has 70 valence electrons. The third kappa shape index (κ3) is 1.35. The number of rotatable bonds is 0. The maximum Gasteiger partial charge on any atom is 0.339 e. The Bertz CT molecular complexity index is 431. The highest BCUT2D eigenvalue weighted by atomic mass is 16.5. The number of cyclic esters (lactones) is 1. The molecule has 1 heterocycles. The monoisotopic (exact) mass is 187 g/mol. The highest BCUT2D eigenvalue weighted by molar-refractivity contribution is 5.92. The van der Waals surface area contributed by atoms with E-state index in [-0.39, 0.29) is 5.97 Å². The molecule has 0 aromatic heterocycles. The molecule has 0 fully saturated rings. The van der Waals surface area contributed by atoms with Crippen LogP contribution in [0.4, 0.5) is 0 Å². The second-order valence-corrected chi connectivity index (χ2v) is 3.39. The lowest BCUT2D eigenvalue weighted by molar-refractivity contribution is 0.0370. The van der Waals surface area contributed by atoms with Crippen LogP contribution in [0.25, 0.3) is 0 Å². The normalized spacial score (nSPS) is 19.4. The van der Waals surface area contributed by atoms with Gasteiger partial charge in [-0.1, -0.05) is 17.7 Å². The molecule has 0 bridgehead atoms. The minimum atomic E-state index is -0.627. The van der Waals surface area contributed by atoms with Crippen molar-refractivity contribution >= 4 is 5.97 Å². The van der Waals surface area contributed by atoms with E-state index >= 15 is 0 Å². The van der Waals surface area contributed by atoms with Crippen molar-refractivity contribution in [3.8, 4) is 6.07 Å². The van der Waals surface area contributed by atoms with Crippen LogP contribution in [0.15, 0.2) is 18.2 Å². The summed E-state index contributed by atoms with van der Waals surface area (Å²) in [6.07, 6.45) is -0.129. The molecule has 1 aliphatic heterocycles. The van der Waals surface area contributed by atoms with Crippen molar-refractivity contribution in [2.45, 2.75) is 19.4 Å². The Morgan fingerprint density at radius 3 is 3.07 bits per heavy atom. The largest absolute Gasteiger partial charge is 0.443 e. The molecule has 0 radical (unpaired) electrons. The van der Waals surface area contributed by atoms with Crippen LogP contribution in [-0.4, -0.2) is 12.1 Å². The number of hydrogen-bond donors (Lipinski definition) is 0. The topological polar surface area (TPSA) is 50.1 Å². The van der Waals surface area contributed by atoms with E-state index in [0.717, 1.165) is 11.1 Å². The van der Waals surface area contributed by atoms with E-state index < -0.39 is 6.10 Å². The van der Waals surface area contributed by atoms with E-state index in [0.29, 0.717) is 12.0 Å². The van der Waals surface area contributed by atoms with Crippen molar-refractivity contribution in [3.63, 3.8) is 0 Å². The van der Waals surface area contributed by atoms with Gasteiger partial charge in [-0.2, -0.15) is 5.26 Å². The molecule has 3 nitrogen and oxygen atoms in total. The lowest BCUT2D eigenvalue weighted by atomic mass is 9.97. The van der Waals surface area contributed by atoms with Crippen LogP contribution in [0, 0.1) is 18.3 Å². The molecular formula is C11H9NO2. The van der Waals surface area contributed by atoms with Crippen LogP contribution >= 0.6 is 0 Å². The van der Waals surface area contributed by atoms with Gasteiger partial charge in [-0.3, -0.25) is 0 Å². The van der Waals surface area contributed by atoms with Gasteiger partial charge in [0, 0.05) is 6.42 Å². The van der Waals surface area contributed by atoms with E-state index in [1.54, 1.807) is 6.07 Å². The molecule has 0 N–H and O–H groups in total. The average molecular weight is 187 g/mol. The third-order valence-corrected chi connectivity index (χ3v) is 2.28. The first-order valence-electron chi connectivity index (χ1n) is 4.41. The molecule has 0 spiro atoms. The number of benzene rings is 1. The average Bonchev–Trinajstić information content (AvgIpc) is 2.19. The number of fused-ring (bicyclic) bond motifs is 1. The van der Waals surface area contributed by atoms with Gasteiger partial charge in [0.05, 0.1) is 5.56 Å². The number of aryl methyl sites for hydroxylation is 1. The van der Waals surface area contributed by atoms with Gasteiger partial charge in [0.15, 0.2) is 6.10 Å². The third-order valence-electron chi connectivity index (χ3n) is 2.28. The predicted octanol–water partition coefficient (Wildman–Crippen LogP) is 1.60. The number of nitriles is 1. The van der Waals surface area contributed by atoms with Gasteiger partial charge in [-0.05, 0) is 18.6 Å². The zero-order valence-electron chi connectivity index (χ0n) is 7.78. The smallest absolute Gasteiger partial charge is 0.339 e. The van der Waals surface area contributed by atoms with E-state index in [1.807, 2.05) is 25.1 Å². The maximum absolute atomic E-state index is 11.4. The number of esters is 1. The van der Waals surface area contributed by atoms with Crippen LogP contribution in [0.2, 0.25) is 0 Å². The quantitative estimate of drug-likeness (QED) is 0.579. The number of carbonyl (C=O) groups excluding carboxylic acids is 1. The summed E-state index contributed by atoms with van der Waals surface area (Å²) in [5.41, 5.74) is 2.52. The molecule has 1 aromatic carbocycles. The molecule has 1 aromatic rings.